The molecule has 1 aliphatic rings. The fourth-order valence-electron chi connectivity index (χ4n) is 2.51. The van der Waals surface area contributed by atoms with Crippen molar-refractivity contribution in [1.29, 1.82) is 0 Å². The first-order valence-electron chi connectivity index (χ1n) is 6.34. The van der Waals surface area contributed by atoms with Gasteiger partial charge in [-0.3, -0.25) is 11.3 Å². The Labute approximate surface area is 123 Å². The maximum atomic E-state index is 12.9. The van der Waals surface area contributed by atoms with E-state index >= 15 is 0 Å². The molecular formula is C13H16BrF3N2O. The van der Waals surface area contributed by atoms with Crippen molar-refractivity contribution < 1.29 is 17.9 Å². The number of nitrogens with one attached hydrogen (secondary N) is 1. The van der Waals surface area contributed by atoms with Crippen molar-refractivity contribution in [1.82, 2.24) is 5.43 Å². The second-order valence-electron chi connectivity index (χ2n) is 4.83. The van der Waals surface area contributed by atoms with Crippen molar-refractivity contribution in [3.05, 3.63) is 33.8 Å². The molecule has 0 saturated carbocycles. The largest absolute Gasteiger partial charge is 0.417 e. The summed E-state index contributed by atoms with van der Waals surface area (Å²) in [7, 11) is 0. The van der Waals surface area contributed by atoms with Crippen molar-refractivity contribution in [2.45, 2.75) is 25.1 Å². The number of halogens is 4. The van der Waals surface area contributed by atoms with Crippen molar-refractivity contribution >= 4 is 15.9 Å². The van der Waals surface area contributed by atoms with E-state index < -0.39 is 11.7 Å². The maximum absolute atomic E-state index is 12.9. The molecule has 2 rings (SSSR count). The van der Waals surface area contributed by atoms with Gasteiger partial charge in [0.1, 0.15) is 0 Å². The zero-order chi connectivity index (χ0) is 14.8. The number of benzene rings is 1. The number of nitrogens with two attached hydrogens (primary N) is 1. The summed E-state index contributed by atoms with van der Waals surface area (Å²) in [5.41, 5.74) is 2.52. The first-order valence-corrected chi connectivity index (χ1v) is 7.13. The number of hydrazine groups is 1. The van der Waals surface area contributed by atoms with E-state index in [9.17, 15) is 13.2 Å². The Kier molecular flexibility index (Phi) is 5.06. The second-order valence-corrected chi connectivity index (χ2v) is 5.69. The lowest BCUT2D eigenvalue weighted by Gasteiger charge is -2.30. The molecule has 1 aromatic carbocycles. The Morgan fingerprint density at radius 3 is 2.50 bits per heavy atom. The van der Waals surface area contributed by atoms with Crippen molar-refractivity contribution in [2.75, 3.05) is 13.2 Å². The average molecular weight is 353 g/mol. The molecule has 0 amide bonds. The van der Waals surface area contributed by atoms with Crippen LogP contribution in [0.3, 0.4) is 0 Å². The van der Waals surface area contributed by atoms with Gasteiger partial charge in [0.2, 0.25) is 0 Å². The van der Waals surface area contributed by atoms with Gasteiger partial charge < -0.3 is 4.74 Å². The van der Waals surface area contributed by atoms with Gasteiger partial charge in [-0.05, 0) is 36.5 Å². The summed E-state index contributed by atoms with van der Waals surface area (Å²) in [4.78, 5) is 0. The Bertz CT molecular complexity index is 461. The summed E-state index contributed by atoms with van der Waals surface area (Å²) in [6.07, 6.45) is -2.82. The third-order valence-electron chi connectivity index (χ3n) is 3.57. The highest BCUT2D eigenvalue weighted by molar-refractivity contribution is 9.10. The molecule has 0 aromatic heterocycles. The molecule has 112 valence electrons. The van der Waals surface area contributed by atoms with Gasteiger partial charge >= 0.3 is 6.18 Å². The number of alkyl halides is 3. The van der Waals surface area contributed by atoms with Gasteiger partial charge in [-0.1, -0.05) is 22.0 Å². The molecular weight excluding hydrogens is 337 g/mol. The zero-order valence-electron chi connectivity index (χ0n) is 10.7. The lowest BCUT2D eigenvalue weighted by molar-refractivity contribution is -0.138. The van der Waals surface area contributed by atoms with Gasteiger partial charge in [0.15, 0.2) is 0 Å². The molecule has 0 spiro atoms. The van der Waals surface area contributed by atoms with Crippen LogP contribution in [0.1, 0.15) is 30.0 Å². The van der Waals surface area contributed by atoms with Crippen LogP contribution in [0.15, 0.2) is 22.7 Å². The Morgan fingerprint density at radius 2 is 1.95 bits per heavy atom. The first kappa shape index (κ1) is 15.8. The van der Waals surface area contributed by atoms with Gasteiger partial charge in [0.05, 0.1) is 5.56 Å². The summed E-state index contributed by atoms with van der Waals surface area (Å²) in [5.74, 6) is 5.73. The summed E-state index contributed by atoms with van der Waals surface area (Å²) in [6.45, 7) is 1.23. The van der Waals surface area contributed by atoms with Crippen LogP contribution in [0.5, 0.6) is 0 Å². The fraction of sp³-hybridized carbons (Fsp3) is 0.538. The van der Waals surface area contributed by atoms with E-state index in [1.54, 1.807) is 6.07 Å². The van der Waals surface area contributed by atoms with Crippen molar-refractivity contribution in [2.24, 2.45) is 11.8 Å². The highest BCUT2D eigenvalue weighted by atomic mass is 79.9. The molecule has 1 aliphatic heterocycles. The topological polar surface area (TPSA) is 47.3 Å². The van der Waals surface area contributed by atoms with E-state index in [0.29, 0.717) is 18.8 Å². The molecule has 0 radical (unpaired) electrons. The molecule has 1 atom stereocenters. The quantitative estimate of drug-likeness (QED) is 0.647. The minimum Gasteiger partial charge on any atom is -0.381 e. The molecule has 1 unspecified atom stereocenters. The number of hydrogen-bond acceptors (Lipinski definition) is 3. The molecule has 7 heteroatoms. The number of hydrogen-bond donors (Lipinski definition) is 2. The van der Waals surface area contributed by atoms with Crippen LogP contribution >= 0.6 is 15.9 Å². The van der Waals surface area contributed by atoms with E-state index in [-0.39, 0.29) is 16.4 Å². The van der Waals surface area contributed by atoms with Gasteiger partial charge in [-0.25, -0.2) is 0 Å². The van der Waals surface area contributed by atoms with Gasteiger partial charge in [0, 0.05) is 23.7 Å². The summed E-state index contributed by atoms with van der Waals surface area (Å²) >= 11 is 2.94. The Morgan fingerprint density at radius 1 is 1.30 bits per heavy atom. The van der Waals surface area contributed by atoms with E-state index in [0.717, 1.165) is 18.9 Å². The van der Waals surface area contributed by atoms with Crippen LogP contribution in [-0.4, -0.2) is 13.2 Å². The molecule has 1 aromatic rings. The van der Waals surface area contributed by atoms with E-state index in [1.165, 1.54) is 6.07 Å². The van der Waals surface area contributed by atoms with E-state index in [4.69, 9.17) is 10.6 Å². The minimum absolute atomic E-state index is 0.0384. The van der Waals surface area contributed by atoms with Gasteiger partial charge in [0.25, 0.3) is 0 Å². The number of ether oxygens (including phenoxy) is 1. The highest BCUT2D eigenvalue weighted by Gasteiger charge is 2.34. The molecule has 0 aliphatic carbocycles. The summed E-state index contributed by atoms with van der Waals surface area (Å²) in [6, 6.07) is 3.94. The summed E-state index contributed by atoms with van der Waals surface area (Å²) < 4.78 is 44.1. The van der Waals surface area contributed by atoms with Gasteiger partial charge in [-0.15, -0.1) is 0 Å². The molecule has 1 heterocycles. The monoisotopic (exact) mass is 352 g/mol. The molecule has 3 nitrogen and oxygen atoms in total. The second kappa shape index (κ2) is 6.43. The van der Waals surface area contributed by atoms with Crippen LogP contribution in [0, 0.1) is 5.92 Å². The van der Waals surface area contributed by atoms with Crippen LogP contribution in [0.4, 0.5) is 13.2 Å². The molecule has 1 fully saturated rings. The maximum Gasteiger partial charge on any atom is 0.417 e. The van der Waals surface area contributed by atoms with Crippen LogP contribution in [0.25, 0.3) is 0 Å². The number of rotatable bonds is 3. The normalized spacial score (nSPS) is 19.1. The molecule has 3 N–H and O–H groups in total. The lowest BCUT2D eigenvalue weighted by Crippen LogP contribution is -2.36. The third kappa shape index (κ3) is 3.52. The zero-order valence-corrected chi connectivity index (χ0v) is 12.3. The fourth-order valence-corrected chi connectivity index (χ4v) is 2.98. The molecule has 1 saturated heterocycles. The van der Waals surface area contributed by atoms with Crippen LogP contribution < -0.4 is 11.3 Å². The minimum atomic E-state index is -4.39. The van der Waals surface area contributed by atoms with E-state index in [1.807, 2.05) is 0 Å². The lowest BCUT2D eigenvalue weighted by atomic mass is 9.87. The Balaban J connectivity index is 2.30. The predicted molar refractivity (Wildman–Crippen MR) is 72.8 cm³/mol. The molecule has 20 heavy (non-hydrogen) atoms. The predicted octanol–water partition coefficient (Wildman–Crippen LogP) is 3.40. The van der Waals surface area contributed by atoms with Crippen molar-refractivity contribution in [3.63, 3.8) is 0 Å². The van der Waals surface area contributed by atoms with E-state index in [2.05, 4.69) is 21.4 Å². The smallest absolute Gasteiger partial charge is 0.381 e. The highest BCUT2D eigenvalue weighted by Crippen LogP contribution is 2.38. The van der Waals surface area contributed by atoms with Crippen molar-refractivity contribution in [3.8, 4) is 0 Å². The first-order chi connectivity index (χ1) is 9.43. The van der Waals surface area contributed by atoms with Crippen LogP contribution in [-0.2, 0) is 10.9 Å². The van der Waals surface area contributed by atoms with Crippen LogP contribution in [0.2, 0.25) is 0 Å². The molecule has 0 bridgehead atoms. The standard InChI is InChI=1S/C13H16BrF3N2O/c14-11-2-1-9(7-10(11)13(15,16)17)12(19-18)8-3-5-20-6-4-8/h1-2,7-8,12,19H,3-6,18H2. The SMILES string of the molecule is NNC(c1ccc(Br)c(C(F)(F)F)c1)C1CCOCC1. The average Bonchev–Trinajstić information content (AvgIpc) is 2.41. The third-order valence-corrected chi connectivity index (χ3v) is 4.26. The van der Waals surface area contributed by atoms with Gasteiger partial charge in [-0.2, -0.15) is 13.2 Å². The Hall–Kier alpha value is -0.630. The summed E-state index contributed by atoms with van der Waals surface area (Å²) in [5, 5.41) is 0.